The van der Waals surface area contributed by atoms with Gasteiger partial charge in [0.2, 0.25) is 0 Å². The predicted octanol–water partition coefficient (Wildman–Crippen LogP) is 1.70. The molecule has 19 heavy (non-hydrogen) atoms. The Hall–Kier alpha value is -1.06. The van der Waals surface area contributed by atoms with Crippen molar-refractivity contribution < 1.29 is 0 Å². The first kappa shape index (κ1) is 12.9. The van der Waals surface area contributed by atoms with Crippen molar-refractivity contribution in [2.45, 2.75) is 18.9 Å². The van der Waals surface area contributed by atoms with Crippen LogP contribution in [-0.4, -0.2) is 62.2 Å². The van der Waals surface area contributed by atoms with Gasteiger partial charge in [-0.2, -0.15) is 0 Å². The summed E-state index contributed by atoms with van der Waals surface area (Å²) in [5.41, 5.74) is 1.36. The van der Waals surface area contributed by atoms with Crippen molar-refractivity contribution in [2.75, 3.05) is 51.2 Å². The molecule has 1 aromatic carbocycles. The lowest BCUT2D eigenvalue weighted by molar-refractivity contribution is 0.0982. The van der Waals surface area contributed by atoms with Crippen molar-refractivity contribution in [1.29, 1.82) is 0 Å². The van der Waals surface area contributed by atoms with Gasteiger partial charge in [0.15, 0.2) is 0 Å². The molecule has 2 fully saturated rings. The van der Waals surface area contributed by atoms with Crippen LogP contribution in [0.15, 0.2) is 24.3 Å². The molecule has 0 saturated carbocycles. The molecule has 2 saturated heterocycles. The number of rotatable bonds is 2. The number of piperazine rings is 1. The molecular weight excluding hydrogens is 234 g/mol. The molecule has 3 nitrogen and oxygen atoms in total. The summed E-state index contributed by atoms with van der Waals surface area (Å²) >= 11 is 0. The van der Waals surface area contributed by atoms with E-state index in [1.54, 1.807) is 0 Å². The van der Waals surface area contributed by atoms with Crippen LogP contribution < -0.4 is 4.90 Å². The summed E-state index contributed by atoms with van der Waals surface area (Å²) in [6.07, 6.45) is 2.62. The zero-order chi connectivity index (χ0) is 13.1. The highest BCUT2D eigenvalue weighted by Crippen LogP contribution is 2.22. The average Bonchev–Trinajstić information content (AvgIpc) is 2.49. The number of benzene rings is 1. The molecule has 3 rings (SSSR count). The van der Waals surface area contributed by atoms with Gasteiger partial charge in [-0.05, 0) is 38.1 Å². The van der Waals surface area contributed by atoms with E-state index in [-0.39, 0.29) is 0 Å². The fourth-order valence-corrected chi connectivity index (χ4v) is 3.27. The Morgan fingerprint density at radius 3 is 2.21 bits per heavy atom. The molecule has 0 N–H and O–H groups in total. The largest absolute Gasteiger partial charge is 0.371 e. The van der Waals surface area contributed by atoms with Crippen LogP contribution in [0, 0.1) is 6.07 Å². The minimum Gasteiger partial charge on any atom is -0.371 e. The van der Waals surface area contributed by atoms with Crippen LogP contribution in [0.3, 0.4) is 0 Å². The summed E-state index contributed by atoms with van der Waals surface area (Å²) in [5.74, 6) is 0. The van der Waals surface area contributed by atoms with Crippen molar-refractivity contribution in [1.82, 2.24) is 9.80 Å². The van der Waals surface area contributed by atoms with E-state index < -0.39 is 0 Å². The first-order chi connectivity index (χ1) is 9.33. The zero-order valence-electron chi connectivity index (χ0n) is 11.9. The van der Waals surface area contributed by atoms with E-state index in [2.05, 4.69) is 39.9 Å². The fraction of sp³-hybridized carbons (Fsp3) is 0.625. The highest BCUT2D eigenvalue weighted by molar-refractivity contribution is 5.46. The van der Waals surface area contributed by atoms with Gasteiger partial charge in [-0.3, -0.25) is 4.90 Å². The summed E-state index contributed by atoms with van der Waals surface area (Å²) in [6.45, 7) is 7.36. The molecule has 2 aliphatic heterocycles. The molecule has 0 spiro atoms. The van der Waals surface area contributed by atoms with Crippen LogP contribution in [0.4, 0.5) is 5.69 Å². The van der Waals surface area contributed by atoms with E-state index in [9.17, 15) is 0 Å². The molecule has 0 bridgehead atoms. The van der Waals surface area contributed by atoms with Crippen LogP contribution in [-0.2, 0) is 0 Å². The van der Waals surface area contributed by atoms with Crippen molar-refractivity contribution in [3.05, 3.63) is 30.3 Å². The van der Waals surface area contributed by atoms with Gasteiger partial charge in [0.05, 0.1) is 0 Å². The van der Waals surface area contributed by atoms with Crippen LogP contribution in [0.5, 0.6) is 0 Å². The third kappa shape index (κ3) is 3.10. The first-order valence-corrected chi connectivity index (χ1v) is 7.46. The second-order valence-corrected chi connectivity index (χ2v) is 5.82. The van der Waals surface area contributed by atoms with Crippen LogP contribution >= 0.6 is 0 Å². The smallest absolute Gasteiger partial charge is 0.0366 e. The third-order valence-electron chi connectivity index (χ3n) is 4.58. The Labute approximate surface area is 116 Å². The minimum absolute atomic E-state index is 0.806. The van der Waals surface area contributed by atoms with Gasteiger partial charge in [-0.1, -0.05) is 12.1 Å². The number of piperidine rings is 1. The maximum absolute atomic E-state index is 3.10. The highest BCUT2D eigenvalue weighted by Gasteiger charge is 2.26. The SMILES string of the molecule is CN1CCN(C2CCN(c3cc[c]cc3)CC2)CC1. The molecule has 0 unspecified atom stereocenters. The van der Waals surface area contributed by atoms with Gasteiger partial charge in [-0.15, -0.1) is 0 Å². The van der Waals surface area contributed by atoms with Gasteiger partial charge < -0.3 is 9.80 Å². The molecule has 0 aliphatic carbocycles. The van der Waals surface area contributed by atoms with Gasteiger partial charge in [-0.25, -0.2) is 0 Å². The number of anilines is 1. The topological polar surface area (TPSA) is 9.72 Å². The van der Waals surface area contributed by atoms with Gasteiger partial charge in [0.25, 0.3) is 0 Å². The fourth-order valence-electron chi connectivity index (χ4n) is 3.27. The third-order valence-corrected chi connectivity index (χ3v) is 4.58. The number of nitrogens with zero attached hydrogens (tertiary/aromatic N) is 3. The molecule has 0 atom stereocenters. The van der Waals surface area contributed by atoms with Crippen molar-refractivity contribution in [3.8, 4) is 0 Å². The second kappa shape index (κ2) is 5.93. The number of hydrogen-bond donors (Lipinski definition) is 0. The molecule has 0 aromatic heterocycles. The van der Waals surface area contributed by atoms with Crippen LogP contribution in [0.2, 0.25) is 0 Å². The van der Waals surface area contributed by atoms with Crippen LogP contribution in [0.1, 0.15) is 12.8 Å². The second-order valence-electron chi connectivity index (χ2n) is 5.82. The van der Waals surface area contributed by atoms with Gasteiger partial charge in [0, 0.05) is 51.0 Å². The quantitative estimate of drug-likeness (QED) is 0.799. The molecule has 2 aliphatic rings. The lowest BCUT2D eigenvalue weighted by Gasteiger charge is -2.42. The Morgan fingerprint density at radius 2 is 1.58 bits per heavy atom. The zero-order valence-corrected chi connectivity index (χ0v) is 11.9. The molecular formula is C16H24N3. The maximum Gasteiger partial charge on any atom is 0.0366 e. The van der Waals surface area contributed by atoms with Gasteiger partial charge in [0.1, 0.15) is 0 Å². The summed E-state index contributed by atoms with van der Waals surface area (Å²) in [5, 5.41) is 0. The normalized spacial score (nSPS) is 23.7. The molecule has 1 radical (unpaired) electrons. The highest BCUT2D eigenvalue weighted by atomic mass is 15.3. The van der Waals surface area contributed by atoms with Crippen molar-refractivity contribution >= 4 is 5.69 Å². The van der Waals surface area contributed by atoms with Crippen molar-refractivity contribution in [2.24, 2.45) is 0 Å². The summed E-state index contributed by atoms with van der Waals surface area (Å²) in [4.78, 5) is 7.66. The Balaban J connectivity index is 1.52. The monoisotopic (exact) mass is 258 g/mol. The van der Waals surface area contributed by atoms with Crippen molar-refractivity contribution in [3.63, 3.8) is 0 Å². The van der Waals surface area contributed by atoms with E-state index in [1.165, 1.54) is 57.8 Å². The van der Waals surface area contributed by atoms with E-state index >= 15 is 0 Å². The van der Waals surface area contributed by atoms with Crippen LogP contribution in [0.25, 0.3) is 0 Å². The van der Waals surface area contributed by atoms with E-state index in [1.807, 2.05) is 12.1 Å². The van der Waals surface area contributed by atoms with E-state index in [0.717, 1.165) is 6.04 Å². The predicted molar refractivity (Wildman–Crippen MR) is 79.6 cm³/mol. The summed E-state index contributed by atoms with van der Waals surface area (Å²) in [6, 6.07) is 12.3. The molecule has 103 valence electrons. The molecule has 0 amide bonds. The lowest BCUT2D eigenvalue weighted by atomic mass is 10.0. The van der Waals surface area contributed by atoms with E-state index in [4.69, 9.17) is 0 Å². The summed E-state index contributed by atoms with van der Waals surface area (Å²) in [7, 11) is 2.23. The first-order valence-electron chi connectivity index (χ1n) is 7.46. The maximum atomic E-state index is 3.10. The lowest BCUT2D eigenvalue weighted by Crippen LogP contribution is -2.52. The Morgan fingerprint density at radius 1 is 0.947 bits per heavy atom. The molecule has 1 aromatic rings. The summed E-state index contributed by atoms with van der Waals surface area (Å²) < 4.78 is 0. The van der Waals surface area contributed by atoms with Gasteiger partial charge >= 0.3 is 0 Å². The number of likely N-dealkylation sites (N-methyl/N-ethyl adjacent to an activating group) is 1. The Bertz CT molecular complexity index is 376. The molecule has 3 heteroatoms. The minimum atomic E-state index is 0.806. The standard InChI is InChI=1S/C16H24N3/c1-17-11-13-19(14-12-17)16-7-9-18(10-8-16)15-5-3-2-4-6-15/h3-6,16H,7-14H2,1H3. The van der Waals surface area contributed by atoms with E-state index in [0.29, 0.717) is 0 Å². The number of hydrogen-bond acceptors (Lipinski definition) is 3. The Kier molecular flexibility index (Phi) is 4.04. The average molecular weight is 258 g/mol. The molecule has 2 heterocycles.